The predicted molar refractivity (Wildman–Crippen MR) is 63.7 cm³/mol. The van der Waals surface area contributed by atoms with Crippen LogP contribution in [0.5, 0.6) is 0 Å². The first-order chi connectivity index (χ1) is 8.07. The zero-order valence-electron chi connectivity index (χ0n) is 9.68. The number of nitrogens with zero attached hydrogens (tertiary/aromatic N) is 2. The summed E-state index contributed by atoms with van der Waals surface area (Å²) < 4.78 is 26.1. The SMILES string of the molecule is Cc1[nH]nc(S(=O)(=O)N2CC=CCC2)c1CN. The van der Waals surface area contributed by atoms with Crippen LogP contribution in [0.15, 0.2) is 17.2 Å². The number of nitrogens with two attached hydrogens (primary N) is 1. The van der Waals surface area contributed by atoms with Gasteiger partial charge in [0.2, 0.25) is 0 Å². The molecule has 0 aromatic carbocycles. The Hall–Kier alpha value is -1.18. The van der Waals surface area contributed by atoms with Gasteiger partial charge in [0.25, 0.3) is 10.0 Å². The van der Waals surface area contributed by atoms with Gasteiger partial charge in [0, 0.05) is 30.9 Å². The van der Waals surface area contributed by atoms with Crippen LogP contribution in [0.4, 0.5) is 0 Å². The Kier molecular flexibility index (Phi) is 3.32. The molecule has 2 heterocycles. The topological polar surface area (TPSA) is 92.1 Å². The van der Waals surface area contributed by atoms with Gasteiger partial charge < -0.3 is 5.73 Å². The summed E-state index contributed by atoms with van der Waals surface area (Å²) in [5, 5.41) is 6.62. The van der Waals surface area contributed by atoms with Crippen LogP contribution < -0.4 is 5.73 Å². The van der Waals surface area contributed by atoms with Crippen LogP contribution in [0.1, 0.15) is 17.7 Å². The van der Waals surface area contributed by atoms with E-state index in [1.54, 1.807) is 6.92 Å². The molecule has 0 saturated carbocycles. The van der Waals surface area contributed by atoms with Crippen molar-refractivity contribution >= 4 is 10.0 Å². The molecule has 1 aromatic rings. The molecule has 0 atom stereocenters. The normalized spacial score (nSPS) is 17.5. The van der Waals surface area contributed by atoms with E-state index in [0.29, 0.717) is 24.3 Å². The largest absolute Gasteiger partial charge is 0.326 e. The molecule has 0 saturated heterocycles. The number of sulfonamides is 1. The number of hydrogen-bond donors (Lipinski definition) is 2. The van der Waals surface area contributed by atoms with Gasteiger partial charge in [-0.3, -0.25) is 5.10 Å². The van der Waals surface area contributed by atoms with Gasteiger partial charge in [-0.2, -0.15) is 9.40 Å². The molecule has 0 bridgehead atoms. The van der Waals surface area contributed by atoms with Crippen molar-refractivity contribution in [2.24, 2.45) is 5.73 Å². The Labute approximate surface area is 101 Å². The van der Waals surface area contributed by atoms with Crippen LogP contribution >= 0.6 is 0 Å². The summed E-state index contributed by atoms with van der Waals surface area (Å²) in [6, 6.07) is 0. The van der Waals surface area contributed by atoms with Crippen molar-refractivity contribution in [1.82, 2.24) is 14.5 Å². The van der Waals surface area contributed by atoms with Crippen LogP contribution in [0.3, 0.4) is 0 Å². The van der Waals surface area contributed by atoms with E-state index in [-0.39, 0.29) is 11.6 Å². The summed E-state index contributed by atoms with van der Waals surface area (Å²) >= 11 is 0. The van der Waals surface area contributed by atoms with Crippen LogP contribution in [0.2, 0.25) is 0 Å². The first kappa shape index (κ1) is 12.3. The summed E-state index contributed by atoms with van der Waals surface area (Å²) in [5.74, 6) is 0. The number of H-pyrrole nitrogens is 1. The molecule has 1 aromatic heterocycles. The highest BCUT2D eigenvalue weighted by atomic mass is 32.2. The van der Waals surface area contributed by atoms with E-state index in [9.17, 15) is 8.42 Å². The standard InChI is InChI=1S/C10H16N4O2S/c1-8-9(7-11)10(13-12-8)17(15,16)14-5-3-2-4-6-14/h2-3H,4-7,11H2,1H3,(H,12,13). The monoisotopic (exact) mass is 256 g/mol. The second-order valence-electron chi connectivity index (χ2n) is 3.96. The zero-order valence-corrected chi connectivity index (χ0v) is 10.5. The Morgan fingerprint density at radius 2 is 2.29 bits per heavy atom. The van der Waals surface area contributed by atoms with Crippen molar-refractivity contribution in [3.05, 3.63) is 23.4 Å². The molecule has 0 aliphatic carbocycles. The Balaban J connectivity index is 2.40. The summed E-state index contributed by atoms with van der Waals surface area (Å²) in [5.41, 5.74) is 6.84. The number of aromatic nitrogens is 2. The molecular weight excluding hydrogens is 240 g/mol. The summed E-state index contributed by atoms with van der Waals surface area (Å²) in [6.45, 7) is 2.83. The summed E-state index contributed by atoms with van der Waals surface area (Å²) in [6.07, 6.45) is 4.56. The second kappa shape index (κ2) is 4.59. The van der Waals surface area contributed by atoms with Gasteiger partial charge in [0.05, 0.1) is 0 Å². The lowest BCUT2D eigenvalue weighted by molar-refractivity contribution is 0.434. The molecule has 0 amide bonds. The molecule has 17 heavy (non-hydrogen) atoms. The Morgan fingerprint density at radius 3 is 2.88 bits per heavy atom. The molecule has 94 valence electrons. The quantitative estimate of drug-likeness (QED) is 0.752. The van der Waals surface area contributed by atoms with Crippen LogP contribution in [0, 0.1) is 6.92 Å². The van der Waals surface area contributed by atoms with Gasteiger partial charge >= 0.3 is 0 Å². The van der Waals surface area contributed by atoms with Crippen molar-refractivity contribution in [2.75, 3.05) is 13.1 Å². The molecule has 0 fully saturated rings. The molecule has 0 unspecified atom stereocenters. The minimum absolute atomic E-state index is 0.0628. The van der Waals surface area contributed by atoms with Crippen molar-refractivity contribution < 1.29 is 8.42 Å². The van der Waals surface area contributed by atoms with Crippen LogP contribution in [-0.2, 0) is 16.6 Å². The van der Waals surface area contributed by atoms with Crippen molar-refractivity contribution in [2.45, 2.75) is 24.9 Å². The maximum Gasteiger partial charge on any atom is 0.263 e. The molecule has 0 radical (unpaired) electrons. The number of aryl methyl sites for hydroxylation is 1. The van der Waals surface area contributed by atoms with Gasteiger partial charge in [0.15, 0.2) is 5.03 Å². The molecule has 1 aliphatic heterocycles. The Bertz CT molecular complexity index is 533. The maximum absolute atomic E-state index is 12.3. The number of hydrogen-bond acceptors (Lipinski definition) is 4. The van der Waals surface area contributed by atoms with Crippen molar-refractivity contribution in [1.29, 1.82) is 0 Å². The predicted octanol–water partition coefficient (Wildman–Crippen LogP) is 0.127. The van der Waals surface area contributed by atoms with Gasteiger partial charge in [-0.05, 0) is 13.3 Å². The summed E-state index contributed by atoms with van der Waals surface area (Å²) in [7, 11) is -3.52. The molecule has 0 spiro atoms. The van der Waals surface area contributed by atoms with E-state index in [2.05, 4.69) is 10.2 Å². The van der Waals surface area contributed by atoms with Crippen molar-refractivity contribution in [3.8, 4) is 0 Å². The van der Waals surface area contributed by atoms with Gasteiger partial charge in [-0.15, -0.1) is 0 Å². The maximum atomic E-state index is 12.3. The number of rotatable bonds is 3. The van der Waals surface area contributed by atoms with Crippen LogP contribution in [0.25, 0.3) is 0 Å². The highest BCUT2D eigenvalue weighted by molar-refractivity contribution is 7.89. The highest BCUT2D eigenvalue weighted by Gasteiger charge is 2.29. The second-order valence-corrected chi connectivity index (χ2v) is 5.81. The van der Waals surface area contributed by atoms with Gasteiger partial charge in [-0.1, -0.05) is 12.2 Å². The molecule has 7 heteroatoms. The lowest BCUT2D eigenvalue weighted by Crippen LogP contribution is -2.34. The molecule has 2 rings (SSSR count). The van der Waals surface area contributed by atoms with E-state index in [1.807, 2.05) is 12.2 Å². The molecule has 1 aliphatic rings. The zero-order chi connectivity index (χ0) is 12.5. The van der Waals surface area contributed by atoms with Gasteiger partial charge in [-0.25, -0.2) is 8.42 Å². The van der Waals surface area contributed by atoms with E-state index in [4.69, 9.17) is 5.73 Å². The van der Waals surface area contributed by atoms with E-state index in [1.165, 1.54) is 4.31 Å². The van der Waals surface area contributed by atoms with E-state index >= 15 is 0 Å². The first-order valence-corrected chi connectivity index (χ1v) is 6.90. The fraction of sp³-hybridized carbons (Fsp3) is 0.500. The average Bonchev–Trinajstić information content (AvgIpc) is 2.72. The van der Waals surface area contributed by atoms with Crippen molar-refractivity contribution in [3.63, 3.8) is 0 Å². The molecule has 3 N–H and O–H groups in total. The first-order valence-electron chi connectivity index (χ1n) is 5.46. The summed E-state index contributed by atoms with van der Waals surface area (Å²) in [4.78, 5) is 0. The molecular formula is C10H16N4O2S. The van der Waals surface area contributed by atoms with E-state index in [0.717, 1.165) is 6.42 Å². The third-order valence-corrected chi connectivity index (χ3v) is 4.68. The fourth-order valence-corrected chi connectivity index (χ4v) is 3.43. The minimum atomic E-state index is -3.52. The lowest BCUT2D eigenvalue weighted by atomic mass is 10.3. The smallest absolute Gasteiger partial charge is 0.263 e. The Morgan fingerprint density at radius 1 is 1.53 bits per heavy atom. The lowest BCUT2D eigenvalue weighted by Gasteiger charge is -2.21. The minimum Gasteiger partial charge on any atom is -0.326 e. The fourth-order valence-electron chi connectivity index (χ4n) is 1.84. The van der Waals surface area contributed by atoms with Gasteiger partial charge in [0.1, 0.15) is 0 Å². The third-order valence-electron chi connectivity index (χ3n) is 2.85. The third kappa shape index (κ3) is 2.13. The number of nitrogens with one attached hydrogen (secondary N) is 1. The average molecular weight is 256 g/mol. The number of aromatic amines is 1. The van der Waals surface area contributed by atoms with E-state index < -0.39 is 10.0 Å². The molecule has 6 nitrogen and oxygen atoms in total. The highest BCUT2D eigenvalue weighted by Crippen LogP contribution is 2.21. The van der Waals surface area contributed by atoms with Crippen LogP contribution in [-0.4, -0.2) is 36.0 Å².